The van der Waals surface area contributed by atoms with Crippen molar-refractivity contribution in [3.05, 3.63) is 46.2 Å². The summed E-state index contributed by atoms with van der Waals surface area (Å²) < 4.78 is 25.4. The van der Waals surface area contributed by atoms with Gasteiger partial charge in [-0.2, -0.15) is 5.10 Å². The first-order valence-corrected chi connectivity index (χ1v) is 11.6. The van der Waals surface area contributed by atoms with E-state index in [2.05, 4.69) is 25.9 Å². The minimum absolute atomic E-state index is 0.0291. The van der Waals surface area contributed by atoms with Gasteiger partial charge >= 0.3 is 0 Å². The predicted molar refractivity (Wildman–Crippen MR) is 108 cm³/mol. The quantitative estimate of drug-likeness (QED) is 0.687. The van der Waals surface area contributed by atoms with Crippen molar-refractivity contribution in [1.82, 2.24) is 19.6 Å². The smallest absolute Gasteiger partial charge is 0.257 e. The number of sulfone groups is 1. The number of nitrogens with zero attached hydrogens (tertiary/aromatic N) is 4. The average Bonchev–Trinajstić information content (AvgIpc) is 3.01. The number of amides is 1. The van der Waals surface area contributed by atoms with Crippen molar-refractivity contribution in [2.24, 2.45) is 0 Å². The molecule has 0 atom stereocenters. The number of hydrogen-bond acceptors (Lipinski definition) is 5. The Balaban J connectivity index is 1.65. The number of aromatic nitrogens is 2. The fraction of sp³-hybridized carbons (Fsp3) is 0.444. The molecule has 1 saturated heterocycles. The van der Waals surface area contributed by atoms with Gasteiger partial charge in [0.25, 0.3) is 5.91 Å². The van der Waals surface area contributed by atoms with E-state index < -0.39 is 9.84 Å². The lowest BCUT2D eigenvalue weighted by molar-refractivity contribution is 0.0643. The van der Waals surface area contributed by atoms with Crippen LogP contribution in [0.25, 0.3) is 5.69 Å². The summed E-state index contributed by atoms with van der Waals surface area (Å²) in [6, 6.07) is 7.76. The molecule has 3 rings (SSSR count). The SMILES string of the molecule is Cc1c(C(=O)N2CCN(CCS(C)(=O)=O)CC2)cnn1-c1ccc(Br)cc1. The molecule has 9 heteroatoms. The number of benzene rings is 1. The summed E-state index contributed by atoms with van der Waals surface area (Å²) in [7, 11) is -2.96. The second kappa shape index (κ2) is 8.12. The van der Waals surface area contributed by atoms with Gasteiger partial charge in [-0.15, -0.1) is 0 Å². The Kier molecular flexibility index (Phi) is 6.02. The lowest BCUT2D eigenvalue weighted by Gasteiger charge is -2.34. The molecule has 0 radical (unpaired) electrons. The maximum absolute atomic E-state index is 12.9. The molecule has 0 saturated carbocycles. The molecule has 27 heavy (non-hydrogen) atoms. The summed E-state index contributed by atoms with van der Waals surface area (Å²) in [5, 5.41) is 4.38. The van der Waals surface area contributed by atoms with Gasteiger partial charge in [0.1, 0.15) is 9.84 Å². The Morgan fingerprint density at radius 2 is 1.78 bits per heavy atom. The van der Waals surface area contributed by atoms with Crippen molar-refractivity contribution >= 4 is 31.7 Å². The minimum Gasteiger partial charge on any atom is -0.336 e. The lowest BCUT2D eigenvalue weighted by atomic mass is 10.2. The van der Waals surface area contributed by atoms with Crippen LogP contribution in [-0.2, 0) is 9.84 Å². The Labute approximate surface area is 168 Å². The zero-order valence-corrected chi connectivity index (χ0v) is 17.8. The average molecular weight is 455 g/mol. The first-order chi connectivity index (χ1) is 12.7. The van der Waals surface area contributed by atoms with Crippen molar-refractivity contribution in [3.63, 3.8) is 0 Å². The summed E-state index contributed by atoms with van der Waals surface area (Å²) in [6.45, 7) is 4.95. The molecule has 0 N–H and O–H groups in total. The predicted octanol–water partition coefficient (Wildman–Crippen LogP) is 1.75. The number of halogens is 1. The van der Waals surface area contributed by atoms with Crippen LogP contribution in [-0.4, -0.2) is 78.6 Å². The lowest BCUT2D eigenvalue weighted by Crippen LogP contribution is -2.49. The third kappa shape index (κ3) is 4.97. The molecule has 0 bridgehead atoms. The molecule has 1 aliphatic rings. The van der Waals surface area contributed by atoms with Crippen LogP contribution in [0.5, 0.6) is 0 Å². The number of hydrogen-bond donors (Lipinski definition) is 0. The fourth-order valence-electron chi connectivity index (χ4n) is 3.10. The highest BCUT2D eigenvalue weighted by molar-refractivity contribution is 9.10. The molecule has 0 spiro atoms. The van der Waals surface area contributed by atoms with E-state index in [0.717, 1.165) is 15.9 Å². The summed E-state index contributed by atoms with van der Waals surface area (Å²) in [5.41, 5.74) is 2.31. The first-order valence-electron chi connectivity index (χ1n) is 8.74. The van der Waals surface area contributed by atoms with Crippen LogP contribution in [0.1, 0.15) is 16.1 Å². The topological polar surface area (TPSA) is 75.5 Å². The highest BCUT2D eigenvalue weighted by atomic mass is 79.9. The van der Waals surface area contributed by atoms with Gasteiger partial charge in [-0.3, -0.25) is 9.69 Å². The molecule has 2 aromatic rings. The van der Waals surface area contributed by atoms with E-state index in [1.807, 2.05) is 36.1 Å². The molecule has 1 aliphatic heterocycles. The fourth-order valence-corrected chi connectivity index (χ4v) is 3.96. The van der Waals surface area contributed by atoms with Gasteiger partial charge in [-0.05, 0) is 31.2 Å². The van der Waals surface area contributed by atoms with Gasteiger partial charge in [-0.1, -0.05) is 15.9 Å². The van der Waals surface area contributed by atoms with Gasteiger partial charge in [0.2, 0.25) is 0 Å². The van der Waals surface area contributed by atoms with Crippen LogP contribution in [0.4, 0.5) is 0 Å². The molecule has 1 aromatic heterocycles. The Morgan fingerprint density at radius 1 is 1.15 bits per heavy atom. The minimum atomic E-state index is -2.96. The summed E-state index contributed by atoms with van der Waals surface area (Å²) in [5.74, 6) is 0.124. The van der Waals surface area contributed by atoms with E-state index in [-0.39, 0.29) is 11.7 Å². The van der Waals surface area contributed by atoms with E-state index in [9.17, 15) is 13.2 Å². The maximum Gasteiger partial charge on any atom is 0.257 e. The van der Waals surface area contributed by atoms with Gasteiger partial charge < -0.3 is 4.90 Å². The second-order valence-electron chi connectivity index (χ2n) is 6.80. The Bertz CT molecular complexity index is 917. The van der Waals surface area contributed by atoms with Crippen LogP contribution in [0.3, 0.4) is 0 Å². The second-order valence-corrected chi connectivity index (χ2v) is 9.97. The molecule has 2 heterocycles. The summed E-state index contributed by atoms with van der Waals surface area (Å²) >= 11 is 3.42. The van der Waals surface area contributed by atoms with Crippen molar-refractivity contribution < 1.29 is 13.2 Å². The monoisotopic (exact) mass is 454 g/mol. The first kappa shape index (κ1) is 20.0. The van der Waals surface area contributed by atoms with Crippen molar-refractivity contribution in [1.29, 1.82) is 0 Å². The molecule has 146 valence electrons. The summed E-state index contributed by atoms with van der Waals surface area (Å²) in [6.07, 6.45) is 2.87. The molecule has 1 amide bonds. The van der Waals surface area contributed by atoms with Crippen molar-refractivity contribution in [2.45, 2.75) is 6.92 Å². The highest BCUT2D eigenvalue weighted by Gasteiger charge is 2.25. The molecule has 7 nitrogen and oxygen atoms in total. The molecule has 0 aliphatic carbocycles. The number of carbonyl (C=O) groups is 1. The van der Waals surface area contributed by atoms with E-state index >= 15 is 0 Å². The Hall–Kier alpha value is -1.71. The largest absolute Gasteiger partial charge is 0.336 e. The highest BCUT2D eigenvalue weighted by Crippen LogP contribution is 2.19. The third-order valence-electron chi connectivity index (χ3n) is 4.75. The van der Waals surface area contributed by atoms with Crippen molar-refractivity contribution in [3.8, 4) is 5.69 Å². The molecular weight excluding hydrogens is 432 g/mol. The molecule has 1 aromatic carbocycles. The number of carbonyl (C=O) groups excluding carboxylic acids is 1. The molecule has 0 unspecified atom stereocenters. The van der Waals surface area contributed by atoms with Crippen LogP contribution in [0.2, 0.25) is 0 Å². The van der Waals surface area contributed by atoms with E-state index in [0.29, 0.717) is 38.3 Å². The summed E-state index contributed by atoms with van der Waals surface area (Å²) in [4.78, 5) is 16.8. The molecule has 1 fully saturated rings. The number of rotatable bonds is 5. The van der Waals surface area contributed by atoms with E-state index in [4.69, 9.17) is 0 Å². The number of piperazine rings is 1. The van der Waals surface area contributed by atoms with Crippen LogP contribution in [0, 0.1) is 6.92 Å². The van der Waals surface area contributed by atoms with Crippen LogP contribution in [0.15, 0.2) is 34.9 Å². The zero-order valence-electron chi connectivity index (χ0n) is 15.4. The van der Waals surface area contributed by atoms with Crippen LogP contribution >= 0.6 is 15.9 Å². The normalized spacial score (nSPS) is 15.9. The van der Waals surface area contributed by atoms with Crippen molar-refractivity contribution in [2.75, 3.05) is 44.7 Å². The third-order valence-corrected chi connectivity index (χ3v) is 6.20. The zero-order chi connectivity index (χ0) is 19.6. The maximum atomic E-state index is 12.9. The van der Waals surface area contributed by atoms with Gasteiger partial charge in [0.05, 0.1) is 28.9 Å². The van der Waals surface area contributed by atoms with Gasteiger partial charge in [0, 0.05) is 43.5 Å². The van der Waals surface area contributed by atoms with Gasteiger partial charge in [-0.25, -0.2) is 13.1 Å². The Morgan fingerprint density at radius 3 is 2.37 bits per heavy atom. The van der Waals surface area contributed by atoms with E-state index in [1.54, 1.807) is 10.9 Å². The van der Waals surface area contributed by atoms with Crippen LogP contribution < -0.4 is 0 Å². The standard InChI is InChI=1S/C18H23BrN4O3S/c1-14-17(13-20-23(14)16-5-3-15(19)4-6-16)18(24)22-9-7-21(8-10-22)11-12-27(2,25)26/h3-6,13H,7-12H2,1-2H3. The van der Waals surface area contributed by atoms with E-state index in [1.165, 1.54) is 6.26 Å². The molecular formula is C18H23BrN4O3S. The van der Waals surface area contributed by atoms with Gasteiger partial charge in [0.15, 0.2) is 0 Å².